The van der Waals surface area contributed by atoms with Gasteiger partial charge in [-0.3, -0.25) is 9.80 Å². The van der Waals surface area contributed by atoms with Crippen molar-refractivity contribution in [2.75, 3.05) is 39.3 Å². The molecule has 1 heterocycles. The lowest BCUT2D eigenvalue weighted by Crippen LogP contribution is -2.48. The molecular weight excluding hydrogens is 300 g/mol. The third-order valence-corrected chi connectivity index (χ3v) is 4.09. The van der Waals surface area contributed by atoms with E-state index in [-0.39, 0.29) is 6.10 Å². The molecular formula is C17H27ClN2O2. The van der Waals surface area contributed by atoms with Crippen LogP contribution < -0.4 is 0 Å². The molecule has 0 aromatic heterocycles. The number of rotatable bonds is 7. The van der Waals surface area contributed by atoms with Crippen molar-refractivity contribution in [2.24, 2.45) is 0 Å². The Morgan fingerprint density at radius 3 is 2.50 bits per heavy atom. The second-order valence-electron chi connectivity index (χ2n) is 6.24. The van der Waals surface area contributed by atoms with Gasteiger partial charge >= 0.3 is 0 Å². The molecule has 124 valence electrons. The number of nitrogens with zero attached hydrogens (tertiary/aromatic N) is 2. The molecule has 0 amide bonds. The Labute approximate surface area is 138 Å². The van der Waals surface area contributed by atoms with Gasteiger partial charge in [0.1, 0.15) is 0 Å². The van der Waals surface area contributed by atoms with Crippen molar-refractivity contribution in [2.45, 2.75) is 32.6 Å². The Kier molecular flexibility index (Phi) is 7.12. The summed E-state index contributed by atoms with van der Waals surface area (Å²) < 4.78 is 5.46. The first-order valence-electron chi connectivity index (χ1n) is 8.02. The molecule has 1 fully saturated rings. The molecule has 5 heteroatoms. The van der Waals surface area contributed by atoms with Crippen molar-refractivity contribution in [3.63, 3.8) is 0 Å². The van der Waals surface area contributed by atoms with Crippen LogP contribution in [0.15, 0.2) is 24.3 Å². The van der Waals surface area contributed by atoms with E-state index in [0.29, 0.717) is 13.2 Å². The van der Waals surface area contributed by atoms with Crippen LogP contribution in [0.2, 0.25) is 5.02 Å². The molecule has 2 rings (SSSR count). The Balaban J connectivity index is 1.69. The van der Waals surface area contributed by atoms with Crippen molar-refractivity contribution in [1.82, 2.24) is 9.80 Å². The molecule has 1 atom stereocenters. The van der Waals surface area contributed by atoms with E-state index in [1.54, 1.807) is 0 Å². The average molecular weight is 327 g/mol. The summed E-state index contributed by atoms with van der Waals surface area (Å²) in [6, 6.07) is 8.05. The van der Waals surface area contributed by atoms with Crippen LogP contribution in [0.1, 0.15) is 19.4 Å². The fraction of sp³-hybridized carbons (Fsp3) is 0.647. The van der Waals surface area contributed by atoms with Crippen molar-refractivity contribution >= 4 is 11.6 Å². The fourth-order valence-electron chi connectivity index (χ4n) is 2.68. The van der Waals surface area contributed by atoms with Gasteiger partial charge in [-0.2, -0.15) is 0 Å². The third-order valence-electron chi connectivity index (χ3n) is 3.85. The van der Waals surface area contributed by atoms with E-state index in [1.807, 2.05) is 32.0 Å². The summed E-state index contributed by atoms with van der Waals surface area (Å²) in [5, 5.41) is 10.8. The molecule has 1 aliphatic heterocycles. The number of aliphatic hydroxyl groups is 1. The van der Waals surface area contributed by atoms with Crippen LogP contribution in [-0.2, 0) is 11.3 Å². The number of ether oxygens (including phenoxy) is 1. The molecule has 1 saturated heterocycles. The summed E-state index contributed by atoms with van der Waals surface area (Å²) in [5.74, 6) is 0. The molecule has 0 aliphatic carbocycles. The van der Waals surface area contributed by atoms with Gasteiger partial charge in [0.25, 0.3) is 0 Å². The highest BCUT2D eigenvalue weighted by Gasteiger charge is 2.19. The van der Waals surface area contributed by atoms with Crippen LogP contribution in [0.4, 0.5) is 0 Å². The van der Waals surface area contributed by atoms with Gasteiger partial charge in [-0.05, 0) is 31.5 Å². The Morgan fingerprint density at radius 1 is 1.18 bits per heavy atom. The van der Waals surface area contributed by atoms with Crippen LogP contribution in [0.3, 0.4) is 0 Å². The molecule has 1 aromatic carbocycles. The van der Waals surface area contributed by atoms with Crippen molar-refractivity contribution in [3.05, 3.63) is 34.9 Å². The quantitative estimate of drug-likeness (QED) is 0.833. The van der Waals surface area contributed by atoms with Gasteiger partial charge in [-0.15, -0.1) is 0 Å². The van der Waals surface area contributed by atoms with E-state index in [2.05, 4.69) is 15.9 Å². The van der Waals surface area contributed by atoms with Gasteiger partial charge in [0.2, 0.25) is 0 Å². The number of hydrogen-bond acceptors (Lipinski definition) is 4. The van der Waals surface area contributed by atoms with Crippen molar-refractivity contribution < 1.29 is 9.84 Å². The minimum Gasteiger partial charge on any atom is -0.389 e. The minimum atomic E-state index is -0.401. The van der Waals surface area contributed by atoms with Crippen molar-refractivity contribution in [3.8, 4) is 0 Å². The largest absolute Gasteiger partial charge is 0.389 e. The maximum Gasteiger partial charge on any atom is 0.0900 e. The van der Waals surface area contributed by atoms with Gasteiger partial charge in [-0.1, -0.05) is 23.7 Å². The zero-order chi connectivity index (χ0) is 15.9. The maximum absolute atomic E-state index is 9.99. The summed E-state index contributed by atoms with van der Waals surface area (Å²) >= 11 is 6.03. The predicted molar refractivity (Wildman–Crippen MR) is 90.3 cm³/mol. The number of hydrogen-bond donors (Lipinski definition) is 1. The molecule has 4 nitrogen and oxygen atoms in total. The molecule has 1 N–H and O–H groups in total. The first-order chi connectivity index (χ1) is 10.5. The normalized spacial score (nSPS) is 18.8. The summed E-state index contributed by atoms with van der Waals surface area (Å²) in [6.07, 6.45) is -0.230. The highest BCUT2D eigenvalue weighted by atomic mass is 35.5. The average Bonchev–Trinajstić information content (AvgIpc) is 2.47. The molecule has 0 radical (unpaired) electrons. The smallest absolute Gasteiger partial charge is 0.0900 e. The van der Waals surface area contributed by atoms with E-state index >= 15 is 0 Å². The lowest BCUT2D eigenvalue weighted by atomic mass is 10.2. The molecule has 0 bridgehead atoms. The Hall–Kier alpha value is -0.650. The van der Waals surface area contributed by atoms with Gasteiger partial charge in [0.05, 0.1) is 18.8 Å². The van der Waals surface area contributed by atoms with Crippen LogP contribution >= 0.6 is 11.6 Å². The molecule has 22 heavy (non-hydrogen) atoms. The van der Waals surface area contributed by atoms with E-state index < -0.39 is 6.10 Å². The zero-order valence-electron chi connectivity index (χ0n) is 13.5. The standard InChI is InChI=1S/C17H27ClN2O2/c1-14(2)22-13-17(21)12-20-8-6-19(7-9-20)11-15-4-3-5-16(18)10-15/h3-5,10,14,17,21H,6-9,11-13H2,1-2H3. The molecule has 1 aliphatic rings. The van der Waals surface area contributed by atoms with Crippen LogP contribution in [0.25, 0.3) is 0 Å². The monoisotopic (exact) mass is 326 g/mol. The predicted octanol–water partition coefficient (Wildman–Crippen LogP) is 2.24. The summed E-state index contributed by atoms with van der Waals surface area (Å²) in [6.45, 7) is 10.0. The highest BCUT2D eigenvalue weighted by Crippen LogP contribution is 2.14. The van der Waals surface area contributed by atoms with Gasteiger partial charge in [0.15, 0.2) is 0 Å². The number of benzene rings is 1. The highest BCUT2D eigenvalue weighted by molar-refractivity contribution is 6.30. The van der Waals surface area contributed by atoms with Gasteiger partial charge in [0, 0.05) is 44.3 Å². The number of aliphatic hydroxyl groups excluding tert-OH is 1. The number of β-amino-alcohol motifs (C(OH)–C–C–N with tert-alkyl or cyclic N) is 1. The number of piperazine rings is 1. The molecule has 0 saturated carbocycles. The topological polar surface area (TPSA) is 35.9 Å². The van der Waals surface area contributed by atoms with Crippen molar-refractivity contribution in [1.29, 1.82) is 0 Å². The molecule has 1 unspecified atom stereocenters. The van der Waals surface area contributed by atoms with E-state index in [9.17, 15) is 5.11 Å². The van der Waals surface area contributed by atoms with E-state index in [4.69, 9.17) is 16.3 Å². The minimum absolute atomic E-state index is 0.171. The summed E-state index contributed by atoms with van der Waals surface area (Å²) in [4.78, 5) is 4.74. The Morgan fingerprint density at radius 2 is 1.86 bits per heavy atom. The van der Waals surface area contributed by atoms with E-state index in [0.717, 1.165) is 37.7 Å². The lowest BCUT2D eigenvalue weighted by molar-refractivity contribution is -0.0148. The van der Waals surface area contributed by atoms with Crippen LogP contribution in [-0.4, -0.2) is 66.4 Å². The lowest BCUT2D eigenvalue weighted by Gasteiger charge is -2.35. The second-order valence-corrected chi connectivity index (χ2v) is 6.68. The Bertz CT molecular complexity index is 448. The second kappa shape index (κ2) is 8.85. The first kappa shape index (κ1) is 17.7. The van der Waals surface area contributed by atoms with E-state index in [1.165, 1.54) is 5.56 Å². The molecule has 0 spiro atoms. The number of halogens is 1. The fourth-order valence-corrected chi connectivity index (χ4v) is 2.89. The van der Waals surface area contributed by atoms with Gasteiger partial charge in [-0.25, -0.2) is 0 Å². The summed E-state index contributed by atoms with van der Waals surface area (Å²) in [5.41, 5.74) is 1.26. The van der Waals surface area contributed by atoms with Gasteiger partial charge < -0.3 is 9.84 Å². The maximum atomic E-state index is 9.99. The van der Waals surface area contributed by atoms with Crippen LogP contribution in [0.5, 0.6) is 0 Å². The SMILES string of the molecule is CC(C)OCC(O)CN1CCN(Cc2cccc(Cl)c2)CC1. The molecule has 1 aromatic rings. The third kappa shape index (κ3) is 6.23. The van der Waals surface area contributed by atoms with Crippen LogP contribution in [0, 0.1) is 0 Å². The zero-order valence-corrected chi connectivity index (χ0v) is 14.3. The summed E-state index contributed by atoms with van der Waals surface area (Å²) in [7, 11) is 0. The first-order valence-corrected chi connectivity index (χ1v) is 8.39.